The molecule has 0 radical (unpaired) electrons. The van der Waals surface area contributed by atoms with Crippen LogP contribution in [0.25, 0.3) is 22.1 Å². The number of halogens is 1. The molecule has 0 bridgehead atoms. The number of hydrogen-bond acceptors (Lipinski definition) is 19. The maximum absolute atomic E-state index is 14.1. The summed E-state index contributed by atoms with van der Waals surface area (Å²) >= 11 is 7.63. The number of amides is 4. The van der Waals surface area contributed by atoms with Crippen molar-refractivity contribution in [2.24, 2.45) is 17.3 Å². The van der Waals surface area contributed by atoms with Gasteiger partial charge in [-0.2, -0.15) is 10.2 Å². The fourth-order valence-electron chi connectivity index (χ4n) is 10.9. The molecule has 1 saturated heterocycles. The predicted octanol–water partition coefficient (Wildman–Crippen LogP) is 7.87. The van der Waals surface area contributed by atoms with Gasteiger partial charge in [0.1, 0.15) is 39.6 Å². The zero-order valence-corrected chi connectivity index (χ0v) is 53.5. The van der Waals surface area contributed by atoms with Crippen LogP contribution in [0.5, 0.6) is 11.5 Å². The van der Waals surface area contributed by atoms with Crippen molar-refractivity contribution in [2.45, 2.75) is 111 Å². The van der Waals surface area contributed by atoms with Crippen molar-refractivity contribution in [1.82, 2.24) is 58.4 Å². The number of hydrazine groups is 1. The Morgan fingerprint density at radius 2 is 1.21 bits per heavy atom. The second-order valence-corrected chi connectivity index (χ2v) is 23.6. The number of primary amides is 2. The number of ether oxygens (including phenoxy) is 2. The summed E-state index contributed by atoms with van der Waals surface area (Å²) in [5.41, 5.74) is 23.8. The van der Waals surface area contributed by atoms with Crippen molar-refractivity contribution in [1.29, 1.82) is 0 Å². The van der Waals surface area contributed by atoms with Crippen LogP contribution < -0.4 is 53.5 Å². The standard InChI is InChI=1S/C62H81ClN20O6S/c1-7-82-47(32-39(4)75-82)58(86)73-60-69-45-34-42(54(65)84)36-49(88-6)52(45)79(60)25-15-16-26-80-53-46(70-61(80)74-59(87)48-33-40(5)76-83(48)8-2)35-43(55(66)85)37-50(53)89-31-17-24-78-29-27-77(28-30-78)23-14-12-10-11-13-22-68-56-51(64)57(72-62(71-56)90-9-3)81(67)38-41-18-20-44(63)21-19-41/h15-16,18-21,32-37H,7-14,17,22-31,38,64,67H2,1-6H3,(H2,65,84)(H2,66,85)(H,68,71,72)(H,69,73,86)(H,70,74,87)/b16-15+. The van der Waals surface area contributed by atoms with E-state index in [-0.39, 0.29) is 36.1 Å². The molecule has 1 aliphatic rings. The zero-order chi connectivity index (χ0) is 64.0. The summed E-state index contributed by atoms with van der Waals surface area (Å²) in [5.74, 6) is 7.23. The molecule has 6 heterocycles. The fraction of sp³-hybridized carbons (Fsp3) is 0.419. The van der Waals surface area contributed by atoms with E-state index in [2.05, 4.69) is 47.9 Å². The molecule has 3 aromatic carbocycles. The van der Waals surface area contributed by atoms with Gasteiger partial charge in [-0.3, -0.25) is 44.2 Å². The maximum Gasteiger partial charge on any atom is 0.276 e. The highest BCUT2D eigenvalue weighted by Gasteiger charge is 2.25. The van der Waals surface area contributed by atoms with Crippen LogP contribution in [0.4, 0.5) is 29.2 Å². The summed E-state index contributed by atoms with van der Waals surface area (Å²) in [6.07, 6.45) is 9.92. The fourth-order valence-corrected chi connectivity index (χ4v) is 11.6. The number of hydrogen-bond donors (Lipinski definition) is 7. The Hall–Kier alpha value is -8.76. The predicted molar refractivity (Wildman–Crippen MR) is 353 cm³/mol. The Balaban J connectivity index is 0.814. The monoisotopic (exact) mass is 1270 g/mol. The molecule has 478 valence electrons. The molecule has 11 N–H and O–H groups in total. The number of fused-ring (bicyclic) bond motifs is 2. The van der Waals surface area contributed by atoms with E-state index >= 15 is 0 Å². The van der Waals surface area contributed by atoms with Crippen molar-refractivity contribution < 1.29 is 28.7 Å². The first-order valence-electron chi connectivity index (χ1n) is 30.4. The highest BCUT2D eigenvalue weighted by Crippen LogP contribution is 2.34. The number of methoxy groups -OCH3 is 1. The molecular weight excluding hydrogens is 1190 g/mol. The minimum absolute atomic E-state index is 0.155. The lowest BCUT2D eigenvalue weighted by molar-refractivity contribution is 0.0991. The third-order valence-electron chi connectivity index (χ3n) is 15.5. The third kappa shape index (κ3) is 16.2. The average molecular weight is 1270 g/mol. The summed E-state index contributed by atoms with van der Waals surface area (Å²) in [5, 5.41) is 21.1. The van der Waals surface area contributed by atoms with Gasteiger partial charge in [-0.25, -0.2) is 25.8 Å². The van der Waals surface area contributed by atoms with Crippen LogP contribution in [0.1, 0.15) is 118 Å². The van der Waals surface area contributed by atoms with E-state index in [0.717, 1.165) is 89.2 Å². The summed E-state index contributed by atoms with van der Waals surface area (Å²) in [4.78, 5) is 77.1. The second-order valence-electron chi connectivity index (χ2n) is 21.9. The van der Waals surface area contributed by atoms with Crippen LogP contribution >= 0.6 is 23.4 Å². The van der Waals surface area contributed by atoms with Gasteiger partial charge in [0.2, 0.25) is 23.7 Å². The number of allylic oxidation sites excluding steroid dienone is 2. The molecule has 1 fully saturated rings. The number of anilines is 5. The molecule has 0 aliphatic carbocycles. The molecule has 9 rings (SSSR count). The van der Waals surface area contributed by atoms with Gasteiger partial charge in [0.25, 0.3) is 11.8 Å². The van der Waals surface area contributed by atoms with Crippen molar-refractivity contribution in [3.05, 3.63) is 117 Å². The lowest BCUT2D eigenvalue weighted by atomic mass is 10.1. The normalized spacial score (nSPS) is 13.0. The van der Waals surface area contributed by atoms with E-state index in [1.165, 1.54) is 13.2 Å². The molecule has 0 spiro atoms. The first kappa shape index (κ1) is 65.7. The van der Waals surface area contributed by atoms with Gasteiger partial charge in [-0.05, 0) is 113 Å². The Kier molecular flexibility index (Phi) is 22.4. The van der Waals surface area contributed by atoms with Gasteiger partial charge >= 0.3 is 0 Å². The van der Waals surface area contributed by atoms with E-state index in [4.69, 9.17) is 59.1 Å². The summed E-state index contributed by atoms with van der Waals surface area (Å²) in [6.45, 7) is 17.9. The number of imidazole rings is 2. The number of benzene rings is 3. The molecule has 1 aliphatic heterocycles. The lowest BCUT2D eigenvalue weighted by Gasteiger charge is -2.34. The largest absolute Gasteiger partial charge is 0.494 e. The topological polar surface area (TPSA) is 334 Å². The quantitative estimate of drug-likeness (QED) is 0.00526. The highest BCUT2D eigenvalue weighted by molar-refractivity contribution is 7.99. The zero-order valence-electron chi connectivity index (χ0n) is 51.9. The van der Waals surface area contributed by atoms with Crippen LogP contribution in [-0.2, 0) is 32.7 Å². The smallest absolute Gasteiger partial charge is 0.276 e. The Morgan fingerprint density at radius 1 is 0.689 bits per heavy atom. The average Bonchev–Trinajstić information content (AvgIpc) is 4.17. The molecule has 4 amide bonds. The highest BCUT2D eigenvalue weighted by atomic mass is 35.5. The van der Waals surface area contributed by atoms with Crippen molar-refractivity contribution in [3.63, 3.8) is 0 Å². The van der Waals surface area contributed by atoms with Gasteiger partial charge in [-0.15, -0.1) is 0 Å². The lowest BCUT2D eigenvalue weighted by Crippen LogP contribution is -2.46. The molecule has 26 nitrogen and oxygen atoms in total. The van der Waals surface area contributed by atoms with Gasteiger partial charge in [0, 0.05) is 81.6 Å². The number of rotatable bonds is 32. The van der Waals surface area contributed by atoms with Gasteiger partial charge in [0.15, 0.2) is 16.8 Å². The summed E-state index contributed by atoms with van der Waals surface area (Å²) < 4.78 is 19.1. The molecule has 28 heteroatoms. The summed E-state index contributed by atoms with van der Waals surface area (Å²) in [6, 6.07) is 17.2. The summed E-state index contributed by atoms with van der Waals surface area (Å²) in [7, 11) is 1.47. The maximum atomic E-state index is 14.1. The van der Waals surface area contributed by atoms with E-state index in [9.17, 15) is 19.2 Å². The van der Waals surface area contributed by atoms with Crippen LogP contribution in [0, 0.1) is 13.8 Å². The number of unbranched alkanes of at least 4 members (excludes halogenated alkanes) is 4. The molecular formula is C62H81ClN20O6S. The Morgan fingerprint density at radius 3 is 1.74 bits per heavy atom. The second kappa shape index (κ2) is 30.6. The third-order valence-corrected chi connectivity index (χ3v) is 16.4. The van der Waals surface area contributed by atoms with Gasteiger partial charge < -0.3 is 50.9 Å². The molecule has 5 aromatic heterocycles. The number of nitrogens with one attached hydrogen (secondary N) is 3. The number of nitrogens with zero attached hydrogens (tertiary/aromatic N) is 13. The van der Waals surface area contributed by atoms with Crippen LogP contribution in [0.2, 0.25) is 5.02 Å². The number of aryl methyl sites for hydroxylation is 4. The number of nitrogens with two attached hydrogens (primary N) is 4. The number of nitrogen functional groups attached to an aromatic ring is 1. The van der Waals surface area contributed by atoms with E-state index in [0.29, 0.717) is 117 Å². The van der Waals surface area contributed by atoms with Gasteiger partial charge in [0.05, 0.1) is 42.7 Å². The number of carbonyl (C=O) groups is 4. The van der Waals surface area contributed by atoms with Crippen LogP contribution in [-0.4, -0.2) is 147 Å². The molecule has 0 saturated carbocycles. The van der Waals surface area contributed by atoms with Crippen LogP contribution in [0.3, 0.4) is 0 Å². The molecule has 90 heavy (non-hydrogen) atoms. The molecule has 0 unspecified atom stereocenters. The Labute approximate surface area is 532 Å². The number of carbonyl (C=O) groups excluding carboxylic acids is 4. The van der Waals surface area contributed by atoms with Crippen molar-refractivity contribution >= 4 is 98.3 Å². The first-order chi connectivity index (χ1) is 43.4. The van der Waals surface area contributed by atoms with Crippen LogP contribution in [0.15, 0.2) is 78.0 Å². The SMILES string of the molecule is CCSc1nc(NCCCCCCCN2CCN(CCCOc3cc(C(N)=O)cc4nc(NC(=O)c5cc(C)nn5CC)n(C/C=C/Cn5c(NC(=O)c6cc(C)nn6CC)nc6cc(C(N)=O)cc(OC)c65)c34)CC2)c(N)c(N(N)Cc2ccc(Cl)cc2)n1. The number of thioether (sulfide) groups is 1. The van der Waals surface area contributed by atoms with E-state index in [1.807, 2.05) is 64.1 Å². The van der Waals surface area contributed by atoms with Crippen molar-refractivity contribution in [3.8, 4) is 11.5 Å². The molecule has 8 aromatic rings. The van der Waals surface area contributed by atoms with Crippen molar-refractivity contribution in [2.75, 3.05) is 92.0 Å². The first-order valence-corrected chi connectivity index (χ1v) is 31.8. The Bertz CT molecular complexity index is 3870. The minimum atomic E-state index is -0.672. The molecule has 0 atom stereocenters. The minimum Gasteiger partial charge on any atom is -0.494 e. The van der Waals surface area contributed by atoms with E-state index < -0.39 is 23.6 Å². The number of aromatic nitrogens is 10. The van der Waals surface area contributed by atoms with E-state index in [1.54, 1.807) is 65.6 Å². The number of piperazine rings is 1. The van der Waals surface area contributed by atoms with Gasteiger partial charge in [-0.1, -0.05) is 73.8 Å².